The van der Waals surface area contributed by atoms with E-state index in [1.807, 2.05) is 19.1 Å². The number of amides is 1. The molecule has 5 nitrogen and oxygen atoms in total. The van der Waals surface area contributed by atoms with E-state index >= 15 is 0 Å². The van der Waals surface area contributed by atoms with Crippen molar-refractivity contribution in [2.24, 2.45) is 11.0 Å². The smallest absolute Gasteiger partial charge is 0.240 e. The minimum atomic E-state index is -0.0361. The lowest BCUT2D eigenvalue weighted by atomic mass is 9.91. The molecule has 0 saturated heterocycles. The first-order valence-corrected chi connectivity index (χ1v) is 7.62. The molecular weight excluding hydrogens is 278 g/mol. The number of rotatable bonds is 2. The zero-order valence-electron chi connectivity index (χ0n) is 12.3. The van der Waals surface area contributed by atoms with E-state index in [2.05, 4.69) is 21.6 Å². The van der Waals surface area contributed by atoms with Crippen LogP contribution in [0.2, 0.25) is 0 Å². The minimum absolute atomic E-state index is 0.0361. The van der Waals surface area contributed by atoms with Gasteiger partial charge in [-0.05, 0) is 48.1 Å². The molecule has 5 heteroatoms. The number of hydrazone groups is 1. The molecule has 0 radical (unpaired) electrons. The summed E-state index contributed by atoms with van der Waals surface area (Å²) < 4.78 is 0. The Bertz CT molecular complexity index is 809. The number of pyridine rings is 1. The third-order valence-corrected chi connectivity index (χ3v) is 4.38. The number of benzene rings is 1. The van der Waals surface area contributed by atoms with Gasteiger partial charge >= 0.3 is 0 Å². The van der Waals surface area contributed by atoms with Crippen LogP contribution in [-0.4, -0.2) is 21.7 Å². The number of aromatic nitrogens is 1. The summed E-state index contributed by atoms with van der Waals surface area (Å²) in [6, 6.07) is 7.66. The van der Waals surface area contributed by atoms with Crippen molar-refractivity contribution in [3.05, 3.63) is 35.4 Å². The Hall–Kier alpha value is -2.43. The molecule has 0 spiro atoms. The molecule has 1 unspecified atom stereocenters. The van der Waals surface area contributed by atoms with Crippen molar-refractivity contribution >= 4 is 22.5 Å². The maximum atomic E-state index is 11.4. The zero-order valence-corrected chi connectivity index (χ0v) is 12.3. The predicted octanol–water partition coefficient (Wildman–Crippen LogP) is 2.68. The average Bonchev–Trinajstić information content (AvgIpc) is 3.31. The van der Waals surface area contributed by atoms with Crippen LogP contribution in [0.25, 0.3) is 10.9 Å². The highest BCUT2D eigenvalue weighted by molar-refractivity contribution is 6.08. The van der Waals surface area contributed by atoms with Crippen LogP contribution in [0.1, 0.15) is 43.2 Å². The Morgan fingerprint density at radius 2 is 2.09 bits per heavy atom. The van der Waals surface area contributed by atoms with E-state index in [0.717, 1.165) is 35.0 Å². The zero-order chi connectivity index (χ0) is 15.3. The van der Waals surface area contributed by atoms with Gasteiger partial charge < -0.3 is 5.11 Å². The Balaban J connectivity index is 1.89. The highest BCUT2D eigenvalue weighted by Gasteiger charge is 2.28. The number of fused-ring (bicyclic) bond motifs is 1. The molecule has 1 aromatic heterocycles. The van der Waals surface area contributed by atoms with Crippen molar-refractivity contribution in [3.63, 3.8) is 0 Å². The number of carbonyl (C=O) groups is 1. The Morgan fingerprint density at radius 3 is 2.82 bits per heavy atom. The molecule has 22 heavy (non-hydrogen) atoms. The molecule has 0 bridgehead atoms. The summed E-state index contributed by atoms with van der Waals surface area (Å²) in [6.07, 6.45) is 2.78. The lowest BCUT2D eigenvalue weighted by molar-refractivity contribution is -0.121. The van der Waals surface area contributed by atoms with Crippen molar-refractivity contribution in [3.8, 4) is 5.88 Å². The highest BCUT2D eigenvalue weighted by Crippen LogP contribution is 2.43. The molecule has 1 aliphatic heterocycles. The van der Waals surface area contributed by atoms with Crippen molar-refractivity contribution in [1.82, 2.24) is 10.4 Å². The molecule has 4 rings (SSSR count). The van der Waals surface area contributed by atoms with E-state index in [0.29, 0.717) is 12.3 Å². The Kier molecular flexibility index (Phi) is 2.89. The molecule has 2 N–H and O–H groups in total. The number of aromatic hydroxyl groups is 1. The van der Waals surface area contributed by atoms with Gasteiger partial charge in [-0.25, -0.2) is 10.4 Å². The van der Waals surface area contributed by atoms with Crippen molar-refractivity contribution < 1.29 is 9.90 Å². The summed E-state index contributed by atoms with van der Waals surface area (Å²) >= 11 is 0. The van der Waals surface area contributed by atoms with Crippen LogP contribution in [0, 0.1) is 5.92 Å². The van der Waals surface area contributed by atoms with Gasteiger partial charge in [-0.15, -0.1) is 0 Å². The van der Waals surface area contributed by atoms with E-state index in [4.69, 9.17) is 0 Å². The summed E-state index contributed by atoms with van der Waals surface area (Å²) in [6.45, 7) is 2.02. The van der Waals surface area contributed by atoms with Crippen LogP contribution < -0.4 is 5.43 Å². The molecule has 2 aromatic rings. The number of hydrogen-bond acceptors (Lipinski definition) is 4. The van der Waals surface area contributed by atoms with Gasteiger partial charge in [-0.2, -0.15) is 5.10 Å². The molecule has 1 amide bonds. The summed E-state index contributed by atoms with van der Waals surface area (Å²) in [5.74, 6) is 0.637. The molecule has 112 valence electrons. The number of hydrogen-bond donors (Lipinski definition) is 2. The van der Waals surface area contributed by atoms with Gasteiger partial charge in [-0.1, -0.05) is 6.92 Å². The van der Waals surface area contributed by atoms with E-state index in [-0.39, 0.29) is 17.7 Å². The second-order valence-electron chi connectivity index (χ2n) is 6.22. The number of nitrogens with one attached hydrogen (secondary N) is 1. The maximum absolute atomic E-state index is 11.4. The number of nitrogens with zero attached hydrogens (tertiary/aromatic N) is 2. The third-order valence-electron chi connectivity index (χ3n) is 4.38. The molecule has 1 atom stereocenters. The fourth-order valence-corrected chi connectivity index (χ4v) is 3.11. The largest absolute Gasteiger partial charge is 0.493 e. The number of carbonyl (C=O) groups excluding carboxylic acids is 1. The molecular formula is C17H17N3O2. The van der Waals surface area contributed by atoms with Crippen molar-refractivity contribution in [2.45, 2.75) is 32.1 Å². The Labute approximate surface area is 128 Å². The summed E-state index contributed by atoms with van der Waals surface area (Å²) in [7, 11) is 0. The van der Waals surface area contributed by atoms with Gasteiger partial charge in [0.2, 0.25) is 11.8 Å². The monoisotopic (exact) mass is 295 g/mol. The van der Waals surface area contributed by atoms with Gasteiger partial charge in [0.05, 0.1) is 11.2 Å². The van der Waals surface area contributed by atoms with Gasteiger partial charge in [0.25, 0.3) is 0 Å². The molecule has 1 fully saturated rings. The van der Waals surface area contributed by atoms with E-state index in [1.165, 1.54) is 5.56 Å². The summed E-state index contributed by atoms with van der Waals surface area (Å²) in [4.78, 5) is 15.7. The van der Waals surface area contributed by atoms with Crippen molar-refractivity contribution in [1.29, 1.82) is 0 Å². The van der Waals surface area contributed by atoms with E-state index in [1.54, 1.807) is 6.07 Å². The lowest BCUT2D eigenvalue weighted by Gasteiger charge is -2.20. The highest BCUT2D eigenvalue weighted by atomic mass is 16.3. The average molecular weight is 295 g/mol. The molecule has 1 saturated carbocycles. The fraction of sp³-hybridized carbons (Fsp3) is 0.353. The first kappa shape index (κ1) is 13.2. The quantitative estimate of drug-likeness (QED) is 0.894. The molecule has 2 aliphatic rings. The van der Waals surface area contributed by atoms with Crippen LogP contribution in [0.15, 0.2) is 29.4 Å². The molecule has 1 aliphatic carbocycles. The SMILES string of the molecule is CC1CC(=O)NN=C1c1cc(C2CC2)c2nc(O)ccc2c1. The molecule has 1 aromatic carbocycles. The predicted molar refractivity (Wildman–Crippen MR) is 83.8 cm³/mol. The van der Waals surface area contributed by atoms with Crippen molar-refractivity contribution in [2.75, 3.05) is 0 Å². The first-order chi connectivity index (χ1) is 10.6. The van der Waals surface area contributed by atoms with Gasteiger partial charge in [-0.3, -0.25) is 4.79 Å². The second kappa shape index (κ2) is 4.80. The van der Waals surface area contributed by atoms with Gasteiger partial charge in [0.15, 0.2) is 0 Å². The van der Waals surface area contributed by atoms with Crippen LogP contribution >= 0.6 is 0 Å². The van der Waals surface area contributed by atoms with Gasteiger partial charge in [0, 0.05) is 23.8 Å². The maximum Gasteiger partial charge on any atom is 0.240 e. The Morgan fingerprint density at radius 1 is 1.27 bits per heavy atom. The minimum Gasteiger partial charge on any atom is -0.493 e. The van der Waals surface area contributed by atoms with Crippen LogP contribution in [0.5, 0.6) is 5.88 Å². The summed E-state index contributed by atoms with van der Waals surface area (Å²) in [5.41, 5.74) is 6.58. The molecule has 2 heterocycles. The van der Waals surface area contributed by atoms with E-state index < -0.39 is 0 Å². The fourth-order valence-electron chi connectivity index (χ4n) is 3.11. The van der Waals surface area contributed by atoms with Crippen LogP contribution in [-0.2, 0) is 4.79 Å². The third kappa shape index (κ3) is 2.22. The van der Waals surface area contributed by atoms with Gasteiger partial charge in [0.1, 0.15) is 0 Å². The second-order valence-corrected chi connectivity index (χ2v) is 6.22. The topological polar surface area (TPSA) is 74.6 Å². The van der Waals surface area contributed by atoms with E-state index in [9.17, 15) is 9.90 Å². The first-order valence-electron chi connectivity index (χ1n) is 7.62. The standard InChI is InChI=1S/C17H17N3O2/c1-9-6-15(22)19-20-16(9)12-7-11-4-5-14(21)18-17(11)13(8-12)10-2-3-10/h4-5,7-10H,2-3,6H2,1H3,(H,18,21)(H,19,22). The van der Waals surface area contributed by atoms with Crippen LogP contribution in [0.4, 0.5) is 0 Å². The normalized spacial score (nSPS) is 21.6. The van der Waals surface area contributed by atoms with Crippen LogP contribution in [0.3, 0.4) is 0 Å². The lowest BCUT2D eigenvalue weighted by Crippen LogP contribution is -2.32. The summed E-state index contributed by atoms with van der Waals surface area (Å²) in [5, 5.41) is 14.9.